The average Bonchev–Trinajstić information content (AvgIpc) is 2.60. The molecule has 1 aromatic rings. The fourth-order valence-electron chi connectivity index (χ4n) is 4.00. The molecule has 0 amide bonds. The Labute approximate surface area is 152 Å². The standard InChI is InChI=1S/C19H33N5O/c1-16-14-23(11-10-22(16)12-13-25-4)18-20-8-6-17(21-18)24-9-5-7-19(2,3)15-24/h6,8,16H,5,7,9-15H2,1-4H3. The molecule has 0 saturated carbocycles. The largest absolute Gasteiger partial charge is 0.383 e. The quantitative estimate of drug-likeness (QED) is 0.814. The van der Waals surface area contributed by atoms with E-state index in [1.807, 2.05) is 6.20 Å². The predicted octanol–water partition coefficient (Wildman–Crippen LogP) is 2.26. The van der Waals surface area contributed by atoms with Crippen LogP contribution in [0, 0.1) is 5.41 Å². The minimum absolute atomic E-state index is 0.366. The maximum Gasteiger partial charge on any atom is 0.227 e. The minimum Gasteiger partial charge on any atom is -0.383 e. The third-order valence-electron chi connectivity index (χ3n) is 5.48. The van der Waals surface area contributed by atoms with Gasteiger partial charge in [-0.1, -0.05) is 13.8 Å². The molecule has 1 unspecified atom stereocenters. The van der Waals surface area contributed by atoms with Crippen molar-refractivity contribution in [3.05, 3.63) is 12.3 Å². The average molecular weight is 348 g/mol. The minimum atomic E-state index is 0.366. The second-order valence-corrected chi connectivity index (χ2v) is 8.23. The van der Waals surface area contributed by atoms with Gasteiger partial charge in [0, 0.05) is 58.6 Å². The first kappa shape index (κ1) is 18.4. The van der Waals surface area contributed by atoms with E-state index in [1.165, 1.54) is 12.8 Å². The first-order chi connectivity index (χ1) is 12.0. The zero-order valence-electron chi connectivity index (χ0n) is 16.2. The van der Waals surface area contributed by atoms with Crippen molar-refractivity contribution in [1.82, 2.24) is 14.9 Å². The number of ether oxygens (including phenoxy) is 1. The van der Waals surface area contributed by atoms with Gasteiger partial charge in [0.2, 0.25) is 5.95 Å². The van der Waals surface area contributed by atoms with E-state index in [4.69, 9.17) is 9.72 Å². The Morgan fingerprint density at radius 2 is 2.08 bits per heavy atom. The topological polar surface area (TPSA) is 44.7 Å². The second kappa shape index (κ2) is 7.87. The van der Waals surface area contributed by atoms with Crippen molar-refractivity contribution in [1.29, 1.82) is 0 Å². The van der Waals surface area contributed by atoms with Gasteiger partial charge in [-0.25, -0.2) is 4.98 Å². The molecule has 140 valence electrons. The first-order valence-electron chi connectivity index (χ1n) is 9.54. The van der Waals surface area contributed by atoms with Gasteiger partial charge in [-0.05, 0) is 31.2 Å². The SMILES string of the molecule is COCCN1CCN(c2nccc(N3CCCC(C)(C)C3)n2)CC1C. The summed E-state index contributed by atoms with van der Waals surface area (Å²) >= 11 is 0. The smallest absolute Gasteiger partial charge is 0.227 e. The Kier molecular flexibility index (Phi) is 5.79. The molecule has 6 heteroatoms. The molecular formula is C19H33N5O. The number of methoxy groups -OCH3 is 1. The van der Waals surface area contributed by atoms with E-state index in [-0.39, 0.29) is 0 Å². The van der Waals surface area contributed by atoms with Crippen LogP contribution in [-0.2, 0) is 4.74 Å². The molecule has 0 aliphatic carbocycles. The lowest BCUT2D eigenvalue weighted by molar-refractivity contribution is 0.117. The van der Waals surface area contributed by atoms with Crippen molar-refractivity contribution in [3.63, 3.8) is 0 Å². The van der Waals surface area contributed by atoms with Crippen LogP contribution >= 0.6 is 0 Å². The molecule has 0 spiro atoms. The Morgan fingerprint density at radius 3 is 2.80 bits per heavy atom. The summed E-state index contributed by atoms with van der Waals surface area (Å²) in [5.41, 5.74) is 0.366. The maximum absolute atomic E-state index is 5.22. The highest BCUT2D eigenvalue weighted by atomic mass is 16.5. The number of hydrogen-bond donors (Lipinski definition) is 0. The molecule has 0 bridgehead atoms. The summed E-state index contributed by atoms with van der Waals surface area (Å²) < 4.78 is 5.22. The van der Waals surface area contributed by atoms with E-state index >= 15 is 0 Å². The molecule has 0 N–H and O–H groups in total. The number of rotatable bonds is 5. The number of piperazine rings is 1. The molecule has 0 radical (unpaired) electrons. The molecular weight excluding hydrogens is 314 g/mol. The Hall–Kier alpha value is -1.40. The molecule has 1 atom stereocenters. The van der Waals surface area contributed by atoms with Gasteiger partial charge in [-0.2, -0.15) is 4.98 Å². The van der Waals surface area contributed by atoms with Crippen molar-refractivity contribution in [2.24, 2.45) is 5.41 Å². The van der Waals surface area contributed by atoms with E-state index in [0.717, 1.165) is 57.6 Å². The van der Waals surface area contributed by atoms with Crippen LogP contribution in [0.5, 0.6) is 0 Å². The normalized spacial score (nSPS) is 24.6. The Morgan fingerprint density at radius 1 is 1.24 bits per heavy atom. The van der Waals surface area contributed by atoms with Crippen molar-refractivity contribution in [3.8, 4) is 0 Å². The summed E-state index contributed by atoms with van der Waals surface area (Å²) in [6.45, 7) is 13.9. The lowest BCUT2D eigenvalue weighted by atomic mass is 9.84. The summed E-state index contributed by atoms with van der Waals surface area (Å²) in [5, 5.41) is 0. The van der Waals surface area contributed by atoms with Crippen molar-refractivity contribution >= 4 is 11.8 Å². The summed E-state index contributed by atoms with van der Waals surface area (Å²) in [5.74, 6) is 1.95. The zero-order chi connectivity index (χ0) is 17.9. The number of piperidine rings is 1. The van der Waals surface area contributed by atoms with Gasteiger partial charge >= 0.3 is 0 Å². The molecule has 0 aromatic carbocycles. The molecule has 25 heavy (non-hydrogen) atoms. The number of hydrogen-bond acceptors (Lipinski definition) is 6. The van der Waals surface area contributed by atoms with Gasteiger partial charge in [0.1, 0.15) is 5.82 Å². The summed E-state index contributed by atoms with van der Waals surface area (Å²) in [6, 6.07) is 2.55. The van der Waals surface area contributed by atoms with Crippen LogP contribution in [0.1, 0.15) is 33.6 Å². The predicted molar refractivity (Wildman–Crippen MR) is 102 cm³/mol. The summed E-state index contributed by atoms with van der Waals surface area (Å²) in [7, 11) is 1.77. The van der Waals surface area contributed by atoms with Crippen LogP contribution in [-0.4, -0.2) is 73.9 Å². The fraction of sp³-hybridized carbons (Fsp3) is 0.789. The van der Waals surface area contributed by atoms with E-state index in [2.05, 4.69) is 46.5 Å². The third kappa shape index (κ3) is 4.61. The van der Waals surface area contributed by atoms with Gasteiger partial charge in [0.05, 0.1) is 6.61 Å². The van der Waals surface area contributed by atoms with Gasteiger partial charge < -0.3 is 14.5 Å². The van der Waals surface area contributed by atoms with Crippen molar-refractivity contribution in [2.75, 3.05) is 62.8 Å². The van der Waals surface area contributed by atoms with Gasteiger partial charge in [0.15, 0.2) is 0 Å². The number of nitrogens with zero attached hydrogens (tertiary/aromatic N) is 5. The molecule has 2 saturated heterocycles. The van der Waals surface area contributed by atoms with Gasteiger partial charge in [-0.3, -0.25) is 4.90 Å². The van der Waals surface area contributed by atoms with Crippen LogP contribution in [0.3, 0.4) is 0 Å². The van der Waals surface area contributed by atoms with Crippen molar-refractivity contribution < 1.29 is 4.74 Å². The Bertz CT molecular complexity index is 565. The highest BCUT2D eigenvalue weighted by Crippen LogP contribution is 2.31. The third-order valence-corrected chi connectivity index (χ3v) is 5.48. The van der Waals surface area contributed by atoms with E-state index in [1.54, 1.807) is 7.11 Å². The molecule has 1 aromatic heterocycles. The van der Waals surface area contributed by atoms with Gasteiger partial charge in [-0.15, -0.1) is 0 Å². The van der Waals surface area contributed by atoms with Crippen LogP contribution in [0.15, 0.2) is 12.3 Å². The number of aromatic nitrogens is 2. The monoisotopic (exact) mass is 347 g/mol. The first-order valence-corrected chi connectivity index (χ1v) is 9.54. The molecule has 2 aliphatic rings. The fourth-order valence-corrected chi connectivity index (χ4v) is 4.00. The molecule has 6 nitrogen and oxygen atoms in total. The van der Waals surface area contributed by atoms with Crippen LogP contribution < -0.4 is 9.80 Å². The van der Waals surface area contributed by atoms with E-state index < -0.39 is 0 Å². The highest BCUT2D eigenvalue weighted by Gasteiger charge is 2.28. The molecule has 3 rings (SSSR count). The summed E-state index contributed by atoms with van der Waals surface area (Å²) in [6.07, 6.45) is 4.45. The lowest BCUT2D eigenvalue weighted by Gasteiger charge is -2.41. The Balaban J connectivity index is 1.66. The zero-order valence-corrected chi connectivity index (χ0v) is 16.2. The van der Waals surface area contributed by atoms with Crippen LogP contribution in [0.4, 0.5) is 11.8 Å². The number of anilines is 2. The van der Waals surface area contributed by atoms with E-state index in [0.29, 0.717) is 11.5 Å². The lowest BCUT2D eigenvalue weighted by Crippen LogP contribution is -2.53. The molecule has 3 heterocycles. The second-order valence-electron chi connectivity index (χ2n) is 8.23. The maximum atomic E-state index is 5.22. The highest BCUT2D eigenvalue weighted by molar-refractivity contribution is 5.44. The van der Waals surface area contributed by atoms with Crippen LogP contribution in [0.25, 0.3) is 0 Å². The van der Waals surface area contributed by atoms with Gasteiger partial charge in [0.25, 0.3) is 0 Å². The van der Waals surface area contributed by atoms with Crippen LogP contribution in [0.2, 0.25) is 0 Å². The molecule has 2 fully saturated rings. The van der Waals surface area contributed by atoms with E-state index in [9.17, 15) is 0 Å². The summed E-state index contributed by atoms with van der Waals surface area (Å²) in [4.78, 5) is 16.7. The van der Waals surface area contributed by atoms with Crippen molar-refractivity contribution in [2.45, 2.75) is 39.7 Å². The molecule has 2 aliphatic heterocycles.